The smallest absolute Gasteiger partial charge is 0.377 e. The minimum Gasteiger partial charge on any atom is -0.377 e. The largest absolute Gasteiger partial charge is 0.379 e. The van der Waals surface area contributed by atoms with E-state index in [1.807, 2.05) is 32.8 Å². The lowest BCUT2D eigenvalue weighted by Crippen LogP contribution is -2.36. The molecule has 0 spiro atoms. The number of carbonyl (C=O) groups excluding carboxylic acids is 1. The first-order valence-electron chi connectivity index (χ1n) is 9.32. The van der Waals surface area contributed by atoms with Crippen LogP contribution in [0.3, 0.4) is 0 Å². The first kappa shape index (κ1) is 25.7. The molecule has 28 heavy (non-hydrogen) atoms. The highest BCUT2D eigenvalue weighted by Gasteiger charge is 2.23. The highest BCUT2D eigenvalue weighted by atomic mass is 19.4. The Labute approximate surface area is 164 Å². The van der Waals surface area contributed by atoms with Gasteiger partial charge < -0.3 is 10.2 Å². The summed E-state index contributed by atoms with van der Waals surface area (Å²) in [6.45, 7) is 0.333. The molecule has 9 heteroatoms. The predicted octanol–water partition coefficient (Wildman–Crippen LogP) is 4.99. The van der Waals surface area contributed by atoms with Crippen molar-refractivity contribution < 1.29 is 27.7 Å². The molecule has 1 aliphatic carbocycles. The first-order valence-corrected chi connectivity index (χ1v) is 9.32. The number of anilines is 1. The number of nitrogens with one attached hydrogen (secondary N) is 1. The Morgan fingerprint density at radius 2 is 1.71 bits per heavy atom. The second-order valence-electron chi connectivity index (χ2n) is 6.09. The lowest BCUT2D eigenvalue weighted by molar-refractivity contribution is -0.736. The molecule has 1 amide bonds. The number of halogens is 3. The third-order valence-electron chi connectivity index (χ3n) is 4.02. The van der Waals surface area contributed by atoms with Crippen molar-refractivity contribution >= 4 is 17.3 Å². The van der Waals surface area contributed by atoms with E-state index in [2.05, 4.69) is 10.2 Å². The van der Waals surface area contributed by atoms with Gasteiger partial charge in [0, 0.05) is 38.0 Å². The van der Waals surface area contributed by atoms with Crippen LogP contribution in [-0.4, -0.2) is 44.8 Å². The van der Waals surface area contributed by atoms with Gasteiger partial charge in [-0.2, -0.15) is 13.2 Å². The standard InChI is InChI=1S/C16H23N3O3.C2H6.CHF3/c1-18(2)15-10-9-13(19(21)22-3)11-14(15)16(20)17-12-7-5-4-6-8-12;1-2;2-1(3)4/h9-12H,4-8H2,1-3H3;1-2H3;1H/p+1. The van der Waals surface area contributed by atoms with Crippen molar-refractivity contribution in [2.45, 2.75) is 58.7 Å². The zero-order chi connectivity index (χ0) is 21.7. The van der Waals surface area contributed by atoms with E-state index in [9.17, 15) is 22.9 Å². The van der Waals surface area contributed by atoms with E-state index in [-0.39, 0.29) is 11.9 Å². The Bertz CT molecular complexity index is 605. The molecule has 6 nitrogen and oxygen atoms in total. The van der Waals surface area contributed by atoms with E-state index in [4.69, 9.17) is 0 Å². The van der Waals surface area contributed by atoms with Gasteiger partial charge in [-0.3, -0.25) is 4.79 Å². The molecule has 0 bridgehead atoms. The van der Waals surface area contributed by atoms with Crippen LogP contribution in [0.15, 0.2) is 18.2 Å². The summed E-state index contributed by atoms with van der Waals surface area (Å²) < 4.78 is 29.0. The van der Waals surface area contributed by atoms with Gasteiger partial charge in [-0.05, 0) is 18.9 Å². The number of amides is 1. The molecule has 0 aromatic heterocycles. The molecule has 0 radical (unpaired) electrons. The summed E-state index contributed by atoms with van der Waals surface area (Å²) >= 11 is 0. The van der Waals surface area contributed by atoms with Crippen molar-refractivity contribution in [3.05, 3.63) is 28.7 Å². The summed E-state index contributed by atoms with van der Waals surface area (Å²) in [7, 11) is 5.05. The van der Waals surface area contributed by atoms with E-state index < -0.39 is 6.68 Å². The van der Waals surface area contributed by atoms with Gasteiger partial charge in [0.05, 0.1) is 10.5 Å². The molecular weight excluding hydrogens is 375 g/mol. The van der Waals surface area contributed by atoms with Crippen LogP contribution in [0, 0.1) is 4.91 Å². The third-order valence-corrected chi connectivity index (χ3v) is 4.02. The number of carbonyl (C=O) groups is 1. The molecule has 1 fully saturated rings. The zero-order valence-electron chi connectivity index (χ0n) is 17.2. The molecule has 1 aliphatic rings. The van der Waals surface area contributed by atoms with E-state index in [0.717, 1.165) is 31.4 Å². The van der Waals surface area contributed by atoms with E-state index in [0.29, 0.717) is 16.2 Å². The Morgan fingerprint density at radius 3 is 2.18 bits per heavy atom. The van der Waals surface area contributed by atoms with Crippen molar-refractivity contribution in [1.29, 1.82) is 0 Å². The van der Waals surface area contributed by atoms with Gasteiger partial charge in [-0.15, -0.1) is 0 Å². The monoisotopic (exact) mass is 406 g/mol. The molecule has 1 saturated carbocycles. The Balaban J connectivity index is 0.00000108. The molecule has 0 unspecified atom stereocenters. The van der Waals surface area contributed by atoms with E-state index in [1.54, 1.807) is 18.2 Å². The van der Waals surface area contributed by atoms with E-state index >= 15 is 0 Å². The first-order chi connectivity index (χ1) is 13.3. The summed E-state index contributed by atoms with van der Waals surface area (Å²) in [5.74, 6) is -0.137. The van der Waals surface area contributed by atoms with Gasteiger partial charge in [0.1, 0.15) is 0 Å². The highest BCUT2D eigenvalue weighted by molar-refractivity contribution is 6.00. The van der Waals surface area contributed by atoms with Crippen LogP contribution >= 0.6 is 0 Å². The third kappa shape index (κ3) is 9.05. The fourth-order valence-corrected chi connectivity index (χ4v) is 2.82. The maximum absolute atomic E-state index is 12.6. The number of alkyl halides is 3. The summed E-state index contributed by atoms with van der Waals surface area (Å²) in [4.78, 5) is 31.1. The van der Waals surface area contributed by atoms with Crippen LogP contribution in [0.25, 0.3) is 0 Å². The molecule has 0 atom stereocenters. The minimum atomic E-state index is -3.67. The van der Waals surface area contributed by atoms with Gasteiger partial charge in [0.25, 0.3) is 10.8 Å². The van der Waals surface area contributed by atoms with Crippen LogP contribution in [0.1, 0.15) is 56.3 Å². The maximum Gasteiger partial charge on any atom is 0.379 e. The number of rotatable bonds is 5. The number of hydrogen-bond donors (Lipinski definition) is 1. The number of benzene rings is 1. The highest BCUT2D eigenvalue weighted by Crippen LogP contribution is 2.25. The molecule has 1 N–H and O–H groups in total. The van der Waals surface area contributed by atoms with Gasteiger partial charge in [-0.25, -0.2) is 4.84 Å². The van der Waals surface area contributed by atoms with Crippen LogP contribution in [-0.2, 0) is 4.84 Å². The normalized spacial score (nSPS) is 13.5. The average Bonchev–Trinajstić information content (AvgIpc) is 2.68. The van der Waals surface area contributed by atoms with Crippen molar-refractivity contribution in [1.82, 2.24) is 5.32 Å². The van der Waals surface area contributed by atoms with Gasteiger partial charge in [-0.1, -0.05) is 33.1 Å². The summed E-state index contributed by atoms with van der Waals surface area (Å²) in [6.07, 6.45) is 5.60. The van der Waals surface area contributed by atoms with Gasteiger partial charge >= 0.3 is 12.4 Å². The van der Waals surface area contributed by atoms with Crippen LogP contribution in [0.5, 0.6) is 0 Å². The Kier molecular flexibility index (Phi) is 12.6. The molecule has 0 aliphatic heterocycles. The SMILES string of the molecule is CC.CO[N+](=O)c1ccc(N(C)C)c(C(=O)NC2CCCCC2)c1.FC(F)F. The maximum atomic E-state index is 12.6. The Morgan fingerprint density at radius 1 is 1.18 bits per heavy atom. The molecule has 2 rings (SSSR count). The quantitative estimate of drug-likeness (QED) is 0.700. The number of nitrogens with zero attached hydrogens (tertiary/aromatic N) is 2. The Hall–Kier alpha value is -2.32. The second-order valence-corrected chi connectivity index (χ2v) is 6.09. The lowest BCUT2D eigenvalue weighted by Gasteiger charge is -2.24. The molecule has 0 saturated heterocycles. The fraction of sp³-hybridized carbons (Fsp3) is 0.632. The molecular formula is C19H31F3N3O3+. The summed E-state index contributed by atoms with van der Waals surface area (Å²) in [5.41, 5.74) is 1.58. The second kappa shape index (κ2) is 13.8. The molecule has 1 aromatic rings. The van der Waals surface area contributed by atoms with Crippen molar-refractivity contribution in [2.75, 3.05) is 26.1 Å². The fourth-order valence-electron chi connectivity index (χ4n) is 2.82. The summed E-state index contributed by atoms with van der Waals surface area (Å²) in [6, 6.07) is 5.20. The van der Waals surface area contributed by atoms with Crippen LogP contribution in [0.2, 0.25) is 0 Å². The predicted molar refractivity (Wildman–Crippen MR) is 104 cm³/mol. The summed E-state index contributed by atoms with van der Waals surface area (Å²) in [5, 5.41) is 3.09. The zero-order valence-corrected chi connectivity index (χ0v) is 17.2. The van der Waals surface area contributed by atoms with E-state index in [1.165, 1.54) is 13.5 Å². The lowest BCUT2D eigenvalue weighted by atomic mass is 9.95. The molecule has 0 heterocycles. The van der Waals surface area contributed by atoms with Crippen molar-refractivity contribution in [3.63, 3.8) is 0 Å². The molecule has 1 aromatic carbocycles. The van der Waals surface area contributed by atoms with Gasteiger partial charge in [0.15, 0.2) is 7.11 Å². The molecule has 160 valence electrons. The van der Waals surface area contributed by atoms with Gasteiger partial charge in [0.2, 0.25) is 0 Å². The number of hydrogen-bond acceptors (Lipinski definition) is 4. The average molecular weight is 406 g/mol. The topological polar surface area (TPSA) is 61.7 Å². The van der Waals surface area contributed by atoms with Crippen LogP contribution in [0.4, 0.5) is 24.5 Å². The minimum absolute atomic E-state index is 0.137. The van der Waals surface area contributed by atoms with Crippen molar-refractivity contribution in [3.8, 4) is 0 Å². The van der Waals surface area contributed by atoms with Crippen LogP contribution < -0.4 is 10.2 Å². The van der Waals surface area contributed by atoms with Crippen molar-refractivity contribution in [2.24, 2.45) is 0 Å².